The van der Waals surface area contributed by atoms with Crippen LogP contribution in [-0.4, -0.2) is 37.0 Å². The second-order valence-electron chi connectivity index (χ2n) is 8.75. The van der Waals surface area contributed by atoms with Crippen molar-refractivity contribution >= 4 is 0 Å². The molecule has 1 spiro atoms. The summed E-state index contributed by atoms with van der Waals surface area (Å²) in [5.74, 6) is 0. The number of aromatic nitrogens is 1. The summed E-state index contributed by atoms with van der Waals surface area (Å²) in [6.07, 6.45) is 8.47. The lowest BCUT2D eigenvalue weighted by atomic mass is 9.68. The van der Waals surface area contributed by atoms with Crippen LogP contribution in [0.2, 0.25) is 0 Å². The summed E-state index contributed by atoms with van der Waals surface area (Å²) in [5, 5.41) is 3.86. The molecular weight excluding hydrogens is 348 g/mol. The zero-order chi connectivity index (χ0) is 18.9. The number of nitrogens with zero attached hydrogens (tertiary/aromatic N) is 1. The summed E-state index contributed by atoms with van der Waals surface area (Å²) in [4.78, 5) is 4.79. The average molecular weight is 379 g/mol. The number of hydrogen-bond donors (Lipinski definition) is 1. The van der Waals surface area contributed by atoms with Gasteiger partial charge in [-0.2, -0.15) is 0 Å². The summed E-state index contributed by atoms with van der Waals surface area (Å²) < 4.78 is 12.0. The number of aryl methyl sites for hydroxylation is 1. The highest BCUT2D eigenvalue weighted by molar-refractivity contribution is 5.34. The van der Waals surface area contributed by atoms with Crippen LogP contribution < -0.4 is 5.32 Å². The molecule has 0 radical (unpaired) electrons. The molecular formula is C24H30N2O2. The highest BCUT2D eigenvalue weighted by Crippen LogP contribution is 2.46. The molecule has 148 valence electrons. The summed E-state index contributed by atoms with van der Waals surface area (Å²) in [6, 6.07) is 15.7. The highest BCUT2D eigenvalue weighted by Gasteiger charge is 2.49. The molecule has 3 unspecified atom stereocenters. The van der Waals surface area contributed by atoms with E-state index in [2.05, 4.69) is 41.7 Å². The Balaban J connectivity index is 1.33. The van der Waals surface area contributed by atoms with Crippen molar-refractivity contribution in [2.45, 2.75) is 55.6 Å². The second kappa shape index (κ2) is 7.58. The number of hydrogen-bond acceptors (Lipinski definition) is 4. The fourth-order valence-corrected chi connectivity index (χ4v) is 5.55. The zero-order valence-electron chi connectivity index (χ0n) is 16.5. The van der Waals surface area contributed by atoms with E-state index in [1.54, 1.807) is 0 Å². The Hall–Kier alpha value is -1.75. The molecule has 1 N–H and O–H groups in total. The molecule has 0 saturated carbocycles. The van der Waals surface area contributed by atoms with E-state index in [4.69, 9.17) is 14.5 Å². The highest BCUT2D eigenvalue weighted by atomic mass is 16.6. The minimum absolute atomic E-state index is 0.0678. The third kappa shape index (κ3) is 3.38. The van der Waals surface area contributed by atoms with E-state index in [0.717, 1.165) is 52.0 Å². The molecule has 1 aromatic heterocycles. The predicted octanol–water partition coefficient (Wildman–Crippen LogP) is 3.96. The van der Waals surface area contributed by atoms with Crippen molar-refractivity contribution < 1.29 is 9.47 Å². The smallest absolute Gasteiger partial charge is 0.0945 e. The van der Waals surface area contributed by atoms with Crippen LogP contribution in [0.5, 0.6) is 0 Å². The molecule has 3 heterocycles. The second-order valence-corrected chi connectivity index (χ2v) is 8.75. The van der Waals surface area contributed by atoms with Gasteiger partial charge in [0.25, 0.3) is 0 Å². The predicted molar refractivity (Wildman–Crippen MR) is 109 cm³/mol. The maximum absolute atomic E-state index is 6.26. The molecule has 2 aliphatic heterocycles. The Morgan fingerprint density at radius 3 is 2.86 bits per heavy atom. The first-order chi connectivity index (χ1) is 13.8. The summed E-state index contributed by atoms with van der Waals surface area (Å²) in [7, 11) is 0. The zero-order valence-corrected chi connectivity index (χ0v) is 16.5. The molecule has 4 nitrogen and oxygen atoms in total. The van der Waals surface area contributed by atoms with E-state index in [0.29, 0.717) is 6.04 Å². The van der Waals surface area contributed by atoms with Crippen molar-refractivity contribution in [3.05, 3.63) is 65.5 Å². The van der Waals surface area contributed by atoms with Crippen molar-refractivity contribution in [3.63, 3.8) is 0 Å². The number of fused-ring (bicyclic) bond motifs is 1. The molecule has 3 aliphatic rings. The van der Waals surface area contributed by atoms with Crippen molar-refractivity contribution in [3.8, 4) is 0 Å². The van der Waals surface area contributed by atoms with Gasteiger partial charge in [-0.15, -0.1) is 0 Å². The standard InChI is InChI=1S/C24H30N2O2/c1-2-6-20-19(5-1)8-9-21(20)25-14-10-23(22-7-3-4-13-26-22)11-16-28-24(17-23)12-15-27-18-24/h1-7,13,21,25H,8-12,14-18H2. The monoisotopic (exact) mass is 378 g/mol. The van der Waals surface area contributed by atoms with Crippen LogP contribution in [0.1, 0.15) is 55.0 Å². The van der Waals surface area contributed by atoms with Crippen LogP contribution in [0.3, 0.4) is 0 Å². The molecule has 2 fully saturated rings. The topological polar surface area (TPSA) is 43.4 Å². The van der Waals surface area contributed by atoms with Crippen LogP contribution in [0.15, 0.2) is 48.7 Å². The fourth-order valence-electron chi connectivity index (χ4n) is 5.55. The third-order valence-electron chi connectivity index (χ3n) is 7.05. The van der Waals surface area contributed by atoms with Gasteiger partial charge in [-0.25, -0.2) is 0 Å². The summed E-state index contributed by atoms with van der Waals surface area (Å²) in [6.45, 7) is 3.35. The van der Waals surface area contributed by atoms with Crippen LogP contribution in [0.4, 0.5) is 0 Å². The van der Waals surface area contributed by atoms with Gasteiger partial charge in [0.15, 0.2) is 0 Å². The van der Waals surface area contributed by atoms with Crippen LogP contribution in [-0.2, 0) is 21.3 Å². The van der Waals surface area contributed by atoms with Gasteiger partial charge in [-0.3, -0.25) is 4.98 Å². The summed E-state index contributed by atoms with van der Waals surface area (Å²) >= 11 is 0. The van der Waals surface area contributed by atoms with Gasteiger partial charge in [-0.1, -0.05) is 30.3 Å². The van der Waals surface area contributed by atoms with Crippen molar-refractivity contribution in [1.29, 1.82) is 0 Å². The lowest BCUT2D eigenvalue weighted by Crippen LogP contribution is -2.49. The number of benzene rings is 1. The van der Waals surface area contributed by atoms with Gasteiger partial charge in [0.1, 0.15) is 0 Å². The van der Waals surface area contributed by atoms with Gasteiger partial charge < -0.3 is 14.8 Å². The minimum Gasteiger partial charge on any atom is -0.378 e. The maximum Gasteiger partial charge on any atom is 0.0945 e. The van der Waals surface area contributed by atoms with E-state index in [-0.39, 0.29) is 11.0 Å². The number of rotatable bonds is 5. The molecule has 1 aromatic carbocycles. The van der Waals surface area contributed by atoms with Crippen molar-refractivity contribution in [1.82, 2.24) is 10.3 Å². The SMILES string of the molecule is c1ccc(C2(CCNC3CCc4ccccc43)CCOC3(CCOC3)C2)nc1. The third-order valence-corrected chi connectivity index (χ3v) is 7.05. The lowest BCUT2D eigenvalue weighted by Gasteiger charge is -2.45. The van der Waals surface area contributed by atoms with Gasteiger partial charge in [-0.05, 0) is 61.9 Å². The lowest BCUT2D eigenvalue weighted by molar-refractivity contribution is -0.109. The van der Waals surface area contributed by atoms with Crippen LogP contribution in [0, 0.1) is 0 Å². The van der Waals surface area contributed by atoms with E-state index in [1.807, 2.05) is 12.3 Å². The molecule has 5 rings (SSSR count). The Morgan fingerprint density at radius 1 is 1.07 bits per heavy atom. The number of pyridine rings is 1. The van der Waals surface area contributed by atoms with Gasteiger partial charge in [0, 0.05) is 43.0 Å². The van der Waals surface area contributed by atoms with Gasteiger partial charge >= 0.3 is 0 Å². The average Bonchev–Trinajstić information content (AvgIpc) is 3.36. The van der Waals surface area contributed by atoms with Crippen molar-refractivity contribution in [2.24, 2.45) is 0 Å². The Kier molecular flexibility index (Phi) is 4.95. The number of nitrogens with one attached hydrogen (secondary N) is 1. The Labute approximate surface area is 167 Å². The maximum atomic E-state index is 6.26. The van der Waals surface area contributed by atoms with E-state index >= 15 is 0 Å². The molecule has 2 saturated heterocycles. The first kappa shape index (κ1) is 18.3. The first-order valence-corrected chi connectivity index (χ1v) is 10.7. The fraction of sp³-hybridized carbons (Fsp3) is 0.542. The van der Waals surface area contributed by atoms with Crippen LogP contribution in [0.25, 0.3) is 0 Å². The Bertz CT molecular complexity index is 803. The van der Waals surface area contributed by atoms with Gasteiger partial charge in [0.2, 0.25) is 0 Å². The quantitative estimate of drug-likeness (QED) is 0.855. The molecule has 0 amide bonds. The molecule has 4 heteroatoms. The van der Waals surface area contributed by atoms with E-state index in [1.165, 1.54) is 29.7 Å². The normalized spacial score (nSPS) is 31.9. The van der Waals surface area contributed by atoms with Crippen LogP contribution >= 0.6 is 0 Å². The minimum atomic E-state index is -0.115. The largest absolute Gasteiger partial charge is 0.378 e. The van der Waals surface area contributed by atoms with E-state index < -0.39 is 0 Å². The molecule has 2 aromatic rings. The number of ether oxygens (including phenoxy) is 2. The van der Waals surface area contributed by atoms with E-state index in [9.17, 15) is 0 Å². The van der Waals surface area contributed by atoms with Crippen molar-refractivity contribution in [2.75, 3.05) is 26.4 Å². The summed E-state index contributed by atoms with van der Waals surface area (Å²) in [5.41, 5.74) is 4.17. The van der Waals surface area contributed by atoms with Gasteiger partial charge in [0.05, 0.1) is 12.2 Å². The molecule has 3 atom stereocenters. The molecule has 28 heavy (non-hydrogen) atoms. The Morgan fingerprint density at radius 2 is 2.00 bits per heavy atom. The molecule has 1 aliphatic carbocycles. The molecule has 0 bridgehead atoms. The first-order valence-electron chi connectivity index (χ1n) is 10.7.